The minimum atomic E-state index is 0.141. The lowest BCUT2D eigenvalue weighted by molar-refractivity contribution is 0.355. The van der Waals surface area contributed by atoms with Crippen LogP contribution in [0, 0.1) is 0 Å². The molecule has 2 aromatic rings. The number of phenols is 1. The molecule has 4 nitrogen and oxygen atoms in total. The Morgan fingerprint density at radius 1 is 0.944 bits per heavy atom. The van der Waals surface area contributed by atoms with Gasteiger partial charge in [0, 0.05) is 17.3 Å². The summed E-state index contributed by atoms with van der Waals surface area (Å²) in [5.41, 5.74) is 7.66. The van der Waals surface area contributed by atoms with Crippen LogP contribution in [0.1, 0.15) is 0 Å². The van der Waals surface area contributed by atoms with E-state index in [1.54, 1.807) is 32.4 Å². The van der Waals surface area contributed by atoms with Crippen LogP contribution in [0.25, 0.3) is 11.1 Å². The molecule has 2 rings (SSSR count). The molecule has 0 fully saturated rings. The van der Waals surface area contributed by atoms with E-state index in [9.17, 15) is 5.11 Å². The number of benzene rings is 2. The van der Waals surface area contributed by atoms with Crippen molar-refractivity contribution in [3.05, 3.63) is 36.4 Å². The summed E-state index contributed by atoms with van der Waals surface area (Å²) in [5.74, 6) is 1.41. The van der Waals surface area contributed by atoms with Gasteiger partial charge in [-0.15, -0.1) is 0 Å². The lowest BCUT2D eigenvalue weighted by Crippen LogP contribution is -1.91. The SMILES string of the molecule is COc1ccc(-c2ccc(N)cc2O)cc1OC. The maximum Gasteiger partial charge on any atom is 0.161 e. The van der Waals surface area contributed by atoms with Crippen molar-refractivity contribution in [1.82, 2.24) is 0 Å². The first-order valence-corrected chi connectivity index (χ1v) is 5.46. The Kier molecular flexibility index (Phi) is 3.28. The predicted octanol–water partition coefficient (Wildman–Crippen LogP) is 2.66. The van der Waals surface area contributed by atoms with E-state index in [0.29, 0.717) is 22.7 Å². The fourth-order valence-corrected chi connectivity index (χ4v) is 1.80. The number of hydrogen-bond acceptors (Lipinski definition) is 4. The number of rotatable bonds is 3. The molecule has 0 saturated carbocycles. The number of ether oxygens (including phenoxy) is 2. The van der Waals surface area contributed by atoms with Crippen molar-refractivity contribution in [3.63, 3.8) is 0 Å². The van der Waals surface area contributed by atoms with Crippen LogP contribution < -0.4 is 15.2 Å². The number of phenolic OH excluding ortho intramolecular Hbond substituents is 1. The molecule has 0 aliphatic carbocycles. The average molecular weight is 245 g/mol. The van der Waals surface area contributed by atoms with Gasteiger partial charge < -0.3 is 20.3 Å². The first-order valence-electron chi connectivity index (χ1n) is 5.46. The van der Waals surface area contributed by atoms with E-state index in [1.165, 1.54) is 6.07 Å². The first-order chi connectivity index (χ1) is 8.65. The molecule has 0 atom stereocenters. The Morgan fingerprint density at radius 3 is 2.28 bits per heavy atom. The molecule has 0 aromatic heterocycles. The predicted molar refractivity (Wildman–Crippen MR) is 71.1 cm³/mol. The van der Waals surface area contributed by atoms with Crippen LogP contribution in [-0.2, 0) is 0 Å². The summed E-state index contributed by atoms with van der Waals surface area (Å²) in [4.78, 5) is 0. The van der Waals surface area contributed by atoms with Gasteiger partial charge in [-0.3, -0.25) is 0 Å². The van der Waals surface area contributed by atoms with Crippen LogP contribution in [0.3, 0.4) is 0 Å². The first kappa shape index (κ1) is 12.1. The fraction of sp³-hybridized carbons (Fsp3) is 0.143. The van der Waals surface area contributed by atoms with Crippen molar-refractivity contribution in [3.8, 4) is 28.4 Å². The standard InChI is InChI=1S/C14H15NO3/c1-17-13-6-3-9(7-14(13)18-2)11-5-4-10(15)8-12(11)16/h3-8,16H,15H2,1-2H3. The third kappa shape index (κ3) is 2.18. The molecule has 0 amide bonds. The van der Waals surface area contributed by atoms with Gasteiger partial charge in [-0.25, -0.2) is 0 Å². The Bertz CT molecular complexity index is 567. The summed E-state index contributed by atoms with van der Waals surface area (Å²) in [5, 5.41) is 9.88. The van der Waals surface area contributed by atoms with Gasteiger partial charge >= 0.3 is 0 Å². The van der Waals surface area contributed by atoms with Crippen molar-refractivity contribution in [1.29, 1.82) is 0 Å². The van der Waals surface area contributed by atoms with Gasteiger partial charge in [0.1, 0.15) is 5.75 Å². The molecule has 4 heteroatoms. The van der Waals surface area contributed by atoms with Crippen LogP contribution >= 0.6 is 0 Å². The molecule has 94 valence electrons. The van der Waals surface area contributed by atoms with Crippen LogP contribution in [0.4, 0.5) is 5.69 Å². The maximum atomic E-state index is 9.88. The van der Waals surface area contributed by atoms with Crippen molar-refractivity contribution in [2.24, 2.45) is 0 Å². The number of aromatic hydroxyl groups is 1. The van der Waals surface area contributed by atoms with Crippen molar-refractivity contribution in [2.75, 3.05) is 20.0 Å². The van der Waals surface area contributed by atoms with Gasteiger partial charge in [-0.2, -0.15) is 0 Å². The molecular formula is C14H15NO3. The third-order valence-electron chi connectivity index (χ3n) is 2.72. The quantitative estimate of drug-likeness (QED) is 0.816. The summed E-state index contributed by atoms with van der Waals surface area (Å²) >= 11 is 0. The molecule has 18 heavy (non-hydrogen) atoms. The summed E-state index contributed by atoms with van der Waals surface area (Å²) in [7, 11) is 3.16. The number of hydrogen-bond donors (Lipinski definition) is 2. The Labute approximate surface area is 106 Å². The zero-order valence-corrected chi connectivity index (χ0v) is 10.3. The molecule has 0 saturated heterocycles. The van der Waals surface area contributed by atoms with E-state index in [2.05, 4.69) is 0 Å². The number of nitrogen functional groups attached to an aromatic ring is 1. The highest BCUT2D eigenvalue weighted by molar-refractivity contribution is 5.74. The lowest BCUT2D eigenvalue weighted by Gasteiger charge is -2.11. The van der Waals surface area contributed by atoms with E-state index >= 15 is 0 Å². The highest BCUT2D eigenvalue weighted by Crippen LogP contribution is 2.36. The second-order valence-corrected chi connectivity index (χ2v) is 3.85. The topological polar surface area (TPSA) is 64.7 Å². The van der Waals surface area contributed by atoms with Crippen LogP contribution in [0.15, 0.2) is 36.4 Å². The highest BCUT2D eigenvalue weighted by atomic mass is 16.5. The zero-order chi connectivity index (χ0) is 13.1. The fourth-order valence-electron chi connectivity index (χ4n) is 1.80. The Balaban J connectivity index is 2.51. The molecule has 0 radical (unpaired) electrons. The van der Waals surface area contributed by atoms with Gasteiger partial charge in [-0.1, -0.05) is 6.07 Å². The van der Waals surface area contributed by atoms with Gasteiger partial charge in [0.25, 0.3) is 0 Å². The van der Waals surface area contributed by atoms with E-state index < -0.39 is 0 Å². The molecule has 0 heterocycles. The summed E-state index contributed by atoms with van der Waals surface area (Å²) in [6, 6.07) is 10.5. The second kappa shape index (κ2) is 4.87. The normalized spacial score (nSPS) is 10.1. The van der Waals surface area contributed by atoms with Crippen LogP contribution in [-0.4, -0.2) is 19.3 Å². The number of anilines is 1. The van der Waals surface area contributed by atoms with E-state index in [-0.39, 0.29) is 5.75 Å². The monoisotopic (exact) mass is 245 g/mol. The molecule has 3 N–H and O–H groups in total. The smallest absolute Gasteiger partial charge is 0.161 e. The van der Waals surface area contributed by atoms with Crippen LogP contribution in [0.2, 0.25) is 0 Å². The minimum Gasteiger partial charge on any atom is -0.507 e. The molecular weight excluding hydrogens is 230 g/mol. The van der Waals surface area contributed by atoms with Crippen molar-refractivity contribution < 1.29 is 14.6 Å². The maximum absolute atomic E-state index is 9.88. The van der Waals surface area contributed by atoms with Gasteiger partial charge in [0.2, 0.25) is 0 Å². The summed E-state index contributed by atoms with van der Waals surface area (Å²) < 4.78 is 10.4. The highest BCUT2D eigenvalue weighted by Gasteiger charge is 2.09. The number of methoxy groups -OCH3 is 2. The Morgan fingerprint density at radius 2 is 1.67 bits per heavy atom. The van der Waals surface area contributed by atoms with Crippen LogP contribution in [0.5, 0.6) is 17.2 Å². The molecule has 0 aliphatic heterocycles. The van der Waals surface area contributed by atoms with E-state index in [4.69, 9.17) is 15.2 Å². The van der Waals surface area contributed by atoms with Crippen molar-refractivity contribution in [2.45, 2.75) is 0 Å². The summed E-state index contributed by atoms with van der Waals surface area (Å²) in [6.07, 6.45) is 0. The third-order valence-corrected chi connectivity index (χ3v) is 2.72. The largest absolute Gasteiger partial charge is 0.507 e. The van der Waals surface area contributed by atoms with Gasteiger partial charge in [0.05, 0.1) is 14.2 Å². The summed E-state index contributed by atoms with van der Waals surface area (Å²) in [6.45, 7) is 0. The molecule has 0 spiro atoms. The van der Waals surface area contributed by atoms with Gasteiger partial charge in [0.15, 0.2) is 11.5 Å². The van der Waals surface area contributed by atoms with Crippen molar-refractivity contribution >= 4 is 5.69 Å². The molecule has 2 aromatic carbocycles. The minimum absolute atomic E-state index is 0.141. The van der Waals surface area contributed by atoms with E-state index in [0.717, 1.165) is 5.56 Å². The molecule has 0 bridgehead atoms. The Hall–Kier alpha value is -2.36. The van der Waals surface area contributed by atoms with Gasteiger partial charge in [-0.05, 0) is 29.8 Å². The van der Waals surface area contributed by atoms with E-state index in [1.807, 2.05) is 12.1 Å². The average Bonchev–Trinajstić information content (AvgIpc) is 2.38. The molecule has 0 aliphatic rings. The zero-order valence-electron chi connectivity index (χ0n) is 10.3. The molecule has 0 unspecified atom stereocenters. The lowest BCUT2D eigenvalue weighted by atomic mass is 10.0. The second-order valence-electron chi connectivity index (χ2n) is 3.85. The number of nitrogens with two attached hydrogens (primary N) is 1.